The maximum Gasteiger partial charge on any atom is 0.240 e. The van der Waals surface area contributed by atoms with Crippen molar-refractivity contribution in [3.8, 4) is 0 Å². The molecule has 6 nitrogen and oxygen atoms in total. The van der Waals surface area contributed by atoms with E-state index < -0.39 is 20.0 Å². The maximum atomic E-state index is 12.0. The Bertz CT molecular complexity index is 639. The lowest BCUT2D eigenvalue weighted by Crippen LogP contribution is -2.30. The van der Waals surface area contributed by atoms with Gasteiger partial charge in [-0.25, -0.2) is 26.3 Å². The van der Waals surface area contributed by atoms with Crippen LogP contribution in [0, 0.1) is 6.92 Å². The van der Waals surface area contributed by atoms with E-state index in [1.165, 1.54) is 6.07 Å². The first kappa shape index (κ1) is 17.1. The zero-order chi connectivity index (χ0) is 15.2. The van der Waals surface area contributed by atoms with E-state index in [-0.39, 0.29) is 23.7 Å². The van der Waals surface area contributed by atoms with E-state index in [0.717, 1.165) is 5.56 Å². The van der Waals surface area contributed by atoms with Gasteiger partial charge in [0.05, 0.1) is 10.6 Å². The van der Waals surface area contributed by atoms with Gasteiger partial charge in [0.15, 0.2) is 0 Å². The van der Waals surface area contributed by atoms with Crippen LogP contribution in [0.15, 0.2) is 29.2 Å². The summed E-state index contributed by atoms with van der Waals surface area (Å²) in [5, 5.41) is 0. The van der Waals surface area contributed by atoms with Crippen LogP contribution in [0.1, 0.15) is 18.9 Å². The van der Waals surface area contributed by atoms with Crippen molar-refractivity contribution in [3.63, 3.8) is 0 Å². The molecule has 2 N–H and O–H groups in total. The fourth-order valence-corrected chi connectivity index (χ4v) is 3.33. The molecular formula is C12H20N2O4S2. The highest BCUT2D eigenvalue weighted by molar-refractivity contribution is 7.89. The van der Waals surface area contributed by atoms with Gasteiger partial charge in [0.2, 0.25) is 20.0 Å². The minimum absolute atomic E-state index is 0.0159. The van der Waals surface area contributed by atoms with Gasteiger partial charge in [0.1, 0.15) is 0 Å². The number of benzene rings is 1. The normalized spacial score (nSPS) is 12.5. The molecule has 0 heterocycles. The second kappa shape index (κ2) is 7.16. The summed E-state index contributed by atoms with van der Waals surface area (Å²) in [4.78, 5) is 0.214. The molecule has 0 unspecified atom stereocenters. The Morgan fingerprint density at radius 3 is 2.30 bits per heavy atom. The summed E-state index contributed by atoms with van der Waals surface area (Å²) in [6.07, 6.45) is 0.393. The first-order chi connectivity index (χ1) is 9.27. The van der Waals surface area contributed by atoms with Crippen LogP contribution in [0.5, 0.6) is 0 Å². The number of rotatable bonds is 8. The predicted molar refractivity (Wildman–Crippen MR) is 78.4 cm³/mol. The van der Waals surface area contributed by atoms with Gasteiger partial charge in [-0.2, -0.15) is 0 Å². The Morgan fingerprint density at radius 1 is 1.05 bits per heavy atom. The molecule has 0 bridgehead atoms. The average Bonchev–Trinajstić information content (AvgIpc) is 2.38. The monoisotopic (exact) mass is 320 g/mol. The standard InChI is InChI=1S/C12H20N2O4S2/c1-3-19(15,16)13-8-5-9-14-20(17,18)12-7-4-6-11(2)10-12/h4,6-7,10,13-14H,3,5,8-9H2,1-2H3. The molecule has 0 aliphatic heterocycles. The van der Waals surface area contributed by atoms with E-state index in [9.17, 15) is 16.8 Å². The van der Waals surface area contributed by atoms with Crippen molar-refractivity contribution in [2.45, 2.75) is 25.2 Å². The SMILES string of the molecule is CCS(=O)(=O)NCCCNS(=O)(=O)c1cccc(C)c1. The molecule has 0 radical (unpaired) electrons. The fraction of sp³-hybridized carbons (Fsp3) is 0.500. The van der Waals surface area contributed by atoms with Gasteiger partial charge in [0, 0.05) is 13.1 Å². The molecule has 0 atom stereocenters. The Balaban J connectivity index is 2.46. The van der Waals surface area contributed by atoms with Crippen LogP contribution in [-0.4, -0.2) is 35.7 Å². The van der Waals surface area contributed by atoms with E-state index in [2.05, 4.69) is 9.44 Å². The van der Waals surface area contributed by atoms with E-state index in [1.807, 2.05) is 13.0 Å². The number of sulfonamides is 2. The van der Waals surface area contributed by atoms with Crippen molar-refractivity contribution in [1.82, 2.24) is 9.44 Å². The highest BCUT2D eigenvalue weighted by Crippen LogP contribution is 2.10. The molecule has 0 saturated carbocycles. The van der Waals surface area contributed by atoms with E-state index in [4.69, 9.17) is 0 Å². The summed E-state index contributed by atoms with van der Waals surface area (Å²) in [6.45, 7) is 3.76. The molecule has 0 aromatic heterocycles. The third-order valence-corrected chi connectivity index (χ3v) is 5.51. The van der Waals surface area contributed by atoms with Gasteiger partial charge in [0.25, 0.3) is 0 Å². The Morgan fingerprint density at radius 2 is 1.70 bits per heavy atom. The molecule has 1 rings (SSSR count). The molecule has 114 valence electrons. The fourth-order valence-electron chi connectivity index (χ4n) is 1.49. The summed E-state index contributed by atoms with van der Waals surface area (Å²) in [7, 11) is -6.75. The maximum absolute atomic E-state index is 12.0. The average molecular weight is 320 g/mol. The van der Waals surface area contributed by atoms with Gasteiger partial charge in [-0.1, -0.05) is 12.1 Å². The molecule has 20 heavy (non-hydrogen) atoms. The molecule has 0 spiro atoms. The minimum atomic E-state index is -3.53. The Kier molecular flexibility index (Phi) is 6.12. The molecule has 0 amide bonds. The van der Waals surface area contributed by atoms with E-state index in [1.54, 1.807) is 19.1 Å². The molecule has 1 aromatic carbocycles. The zero-order valence-electron chi connectivity index (χ0n) is 11.6. The van der Waals surface area contributed by atoms with E-state index >= 15 is 0 Å². The highest BCUT2D eigenvalue weighted by atomic mass is 32.2. The number of aryl methyl sites for hydroxylation is 1. The molecular weight excluding hydrogens is 300 g/mol. The second-order valence-electron chi connectivity index (χ2n) is 4.37. The predicted octanol–water partition coefficient (Wildman–Crippen LogP) is 0.603. The summed E-state index contributed by atoms with van der Waals surface area (Å²) in [6, 6.07) is 6.61. The van der Waals surface area contributed by atoms with Crippen molar-refractivity contribution in [2.24, 2.45) is 0 Å². The van der Waals surface area contributed by atoms with Gasteiger partial charge in [-0.3, -0.25) is 0 Å². The van der Waals surface area contributed by atoms with Gasteiger partial charge < -0.3 is 0 Å². The Labute approximate surface area is 120 Å². The molecule has 8 heteroatoms. The minimum Gasteiger partial charge on any atom is -0.215 e. The summed E-state index contributed by atoms with van der Waals surface area (Å²) in [5.41, 5.74) is 0.864. The summed E-state index contributed by atoms with van der Waals surface area (Å²) < 4.78 is 51.1. The lowest BCUT2D eigenvalue weighted by atomic mass is 10.2. The number of hydrogen-bond donors (Lipinski definition) is 2. The van der Waals surface area contributed by atoms with Crippen molar-refractivity contribution >= 4 is 20.0 Å². The van der Waals surface area contributed by atoms with Crippen LogP contribution in [0.2, 0.25) is 0 Å². The van der Waals surface area contributed by atoms with Crippen molar-refractivity contribution in [1.29, 1.82) is 0 Å². The van der Waals surface area contributed by atoms with Crippen molar-refractivity contribution < 1.29 is 16.8 Å². The van der Waals surface area contributed by atoms with Crippen LogP contribution >= 0.6 is 0 Å². The van der Waals surface area contributed by atoms with E-state index in [0.29, 0.717) is 6.42 Å². The van der Waals surface area contributed by atoms with Gasteiger partial charge in [-0.05, 0) is 38.0 Å². The zero-order valence-corrected chi connectivity index (χ0v) is 13.2. The molecule has 0 aliphatic carbocycles. The van der Waals surface area contributed by atoms with Crippen LogP contribution in [0.4, 0.5) is 0 Å². The van der Waals surface area contributed by atoms with Gasteiger partial charge in [-0.15, -0.1) is 0 Å². The molecule has 0 saturated heterocycles. The summed E-state index contributed by atoms with van der Waals surface area (Å²) in [5.74, 6) is 0.0159. The smallest absolute Gasteiger partial charge is 0.215 e. The third-order valence-electron chi connectivity index (χ3n) is 2.65. The third kappa shape index (κ3) is 5.58. The second-order valence-corrected chi connectivity index (χ2v) is 8.23. The summed E-state index contributed by atoms with van der Waals surface area (Å²) >= 11 is 0. The molecule has 1 aromatic rings. The van der Waals surface area contributed by atoms with Crippen LogP contribution in [-0.2, 0) is 20.0 Å². The lowest BCUT2D eigenvalue weighted by Gasteiger charge is -2.08. The number of nitrogens with one attached hydrogen (secondary N) is 2. The Hall–Kier alpha value is -0.960. The largest absolute Gasteiger partial charge is 0.240 e. The van der Waals surface area contributed by atoms with Crippen LogP contribution in [0.3, 0.4) is 0 Å². The van der Waals surface area contributed by atoms with Crippen LogP contribution < -0.4 is 9.44 Å². The van der Waals surface area contributed by atoms with Crippen LogP contribution in [0.25, 0.3) is 0 Å². The lowest BCUT2D eigenvalue weighted by molar-refractivity contribution is 0.573. The quantitative estimate of drug-likeness (QED) is 0.686. The first-order valence-corrected chi connectivity index (χ1v) is 9.44. The van der Waals surface area contributed by atoms with Crippen molar-refractivity contribution in [3.05, 3.63) is 29.8 Å². The molecule has 0 aliphatic rings. The molecule has 0 fully saturated rings. The number of hydrogen-bond acceptors (Lipinski definition) is 4. The van der Waals surface area contributed by atoms with Gasteiger partial charge >= 0.3 is 0 Å². The van der Waals surface area contributed by atoms with Crippen molar-refractivity contribution in [2.75, 3.05) is 18.8 Å². The first-order valence-electron chi connectivity index (χ1n) is 6.30. The highest BCUT2D eigenvalue weighted by Gasteiger charge is 2.13. The topological polar surface area (TPSA) is 92.3 Å².